The molecule has 0 fully saturated rings. The van der Waals surface area contributed by atoms with Gasteiger partial charge in [-0.2, -0.15) is 0 Å². The molecule has 0 aliphatic carbocycles. The average Bonchev–Trinajstić information content (AvgIpc) is 2.83. The first-order valence-corrected chi connectivity index (χ1v) is 13.4. The van der Waals surface area contributed by atoms with Crippen molar-refractivity contribution in [2.75, 3.05) is 27.4 Å². The van der Waals surface area contributed by atoms with Gasteiger partial charge in [0.2, 0.25) is 5.91 Å². The van der Waals surface area contributed by atoms with Gasteiger partial charge in [0, 0.05) is 32.1 Å². The predicted octanol–water partition coefficient (Wildman–Crippen LogP) is 4.19. The van der Waals surface area contributed by atoms with Gasteiger partial charge in [-0.1, -0.05) is 39.7 Å². The number of hydrogen-bond donors (Lipinski definition) is 3. The number of ether oxygens (including phenoxy) is 3. The average molecular weight is 519 g/mol. The van der Waals surface area contributed by atoms with Gasteiger partial charge in [-0.3, -0.25) is 4.79 Å². The number of methoxy groups -OCH3 is 2. The summed E-state index contributed by atoms with van der Waals surface area (Å²) in [7, 11) is 3.30. The Morgan fingerprint density at radius 2 is 1.78 bits per heavy atom. The van der Waals surface area contributed by atoms with E-state index in [1.165, 1.54) is 0 Å². The molecule has 1 rings (SSSR count). The van der Waals surface area contributed by atoms with Crippen LogP contribution < -0.4 is 20.5 Å². The van der Waals surface area contributed by atoms with Crippen molar-refractivity contribution in [3.05, 3.63) is 23.8 Å². The van der Waals surface area contributed by atoms with E-state index >= 15 is 0 Å². The van der Waals surface area contributed by atoms with E-state index in [1.54, 1.807) is 28.1 Å². The van der Waals surface area contributed by atoms with Gasteiger partial charge in [-0.25, -0.2) is 0 Å². The van der Waals surface area contributed by atoms with E-state index in [0.717, 1.165) is 18.4 Å². The molecular weight excluding hydrogens is 468 g/mol. The molecule has 0 unspecified atom stereocenters. The van der Waals surface area contributed by atoms with Crippen molar-refractivity contribution in [1.82, 2.24) is 5.32 Å². The Hall–Kier alpha value is -2.27. The summed E-state index contributed by atoms with van der Waals surface area (Å²) in [6.45, 7) is 13.0. The molecule has 0 aliphatic rings. The maximum absolute atomic E-state index is 12.9. The molecule has 7 heteroatoms. The fourth-order valence-corrected chi connectivity index (χ4v) is 4.30. The van der Waals surface area contributed by atoms with Crippen LogP contribution in [0.1, 0.15) is 66.4 Å². The summed E-state index contributed by atoms with van der Waals surface area (Å²) < 4.78 is 16.5. The molecular formula is C30H50N2O5. The number of carbonyl (C=O) groups excluding carboxylic acids is 1. The first kappa shape index (κ1) is 32.8. The Morgan fingerprint density at radius 1 is 1.11 bits per heavy atom. The van der Waals surface area contributed by atoms with E-state index in [9.17, 15) is 9.90 Å². The van der Waals surface area contributed by atoms with E-state index in [1.807, 2.05) is 32.0 Å². The van der Waals surface area contributed by atoms with Crippen LogP contribution in [0.15, 0.2) is 18.2 Å². The highest BCUT2D eigenvalue weighted by Crippen LogP contribution is 2.32. The molecule has 0 bridgehead atoms. The molecule has 1 amide bonds. The summed E-state index contributed by atoms with van der Waals surface area (Å²) in [5.74, 6) is 4.10. The van der Waals surface area contributed by atoms with Crippen LogP contribution in [0.4, 0.5) is 0 Å². The molecule has 210 valence electrons. The van der Waals surface area contributed by atoms with Crippen molar-refractivity contribution in [3.8, 4) is 23.8 Å². The third-order valence-corrected chi connectivity index (χ3v) is 6.92. The van der Waals surface area contributed by atoms with Gasteiger partial charge in [-0.15, -0.1) is 6.42 Å². The fourth-order valence-electron chi connectivity index (χ4n) is 4.30. The van der Waals surface area contributed by atoms with Crippen LogP contribution in [0.3, 0.4) is 0 Å². The number of aliphatic hydroxyl groups is 1. The number of nitrogens with two attached hydrogens (primary N) is 1. The standard InChI is InChI=1S/C30H50N2O5/c1-10-30(6,7)32-29(34)24(21(4)5)19-26(33)25(31)18-23(20(2)3)16-22-12-13-27(36-9)28(17-22)37-15-11-14-35-8/h1,12-13,17,20-21,23-26,33H,11,14-16,18-19,31H2,2-9H3,(H,32,34)/t23-,24-,25-,26-/m0/s1. The predicted molar refractivity (Wildman–Crippen MR) is 150 cm³/mol. The summed E-state index contributed by atoms with van der Waals surface area (Å²) in [6.07, 6.45) is 7.24. The van der Waals surface area contributed by atoms with Crippen molar-refractivity contribution in [2.24, 2.45) is 29.4 Å². The molecule has 4 atom stereocenters. The maximum Gasteiger partial charge on any atom is 0.224 e. The quantitative estimate of drug-likeness (QED) is 0.211. The molecule has 1 aromatic carbocycles. The topological polar surface area (TPSA) is 103 Å². The monoisotopic (exact) mass is 518 g/mol. The third-order valence-electron chi connectivity index (χ3n) is 6.92. The molecule has 37 heavy (non-hydrogen) atoms. The molecule has 0 aliphatic heterocycles. The highest BCUT2D eigenvalue weighted by molar-refractivity contribution is 5.80. The van der Waals surface area contributed by atoms with Gasteiger partial charge >= 0.3 is 0 Å². The van der Waals surface area contributed by atoms with Crippen LogP contribution in [0.25, 0.3) is 0 Å². The number of benzene rings is 1. The SMILES string of the molecule is C#CC(C)(C)NC(=O)[C@@H](C[C@H](O)[C@@H](N)C[C@H](Cc1ccc(OC)c(OCCCOC)c1)C(C)C)C(C)C. The molecule has 0 aromatic heterocycles. The van der Waals surface area contributed by atoms with Crippen molar-refractivity contribution < 1.29 is 24.1 Å². The van der Waals surface area contributed by atoms with E-state index < -0.39 is 17.7 Å². The summed E-state index contributed by atoms with van der Waals surface area (Å²) in [5.41, 5.74) is 6.89. The highest BCUT2D eigenvalue weighted by atomic mass is 16.5. The smallest absolute Gasteiger partial charge is 0.224 e. The molecule has 0 radical (unpaired) electrons. The van der Waals surface area contributed by atoms with E-state index in [-0.39, 0.29) is 30.1 Å². The minimum absolute atomic E-state index is 0.0397. The minimum Gasteiger partial charge on any atom is -0.493 e. The first-order chi connectivity index (χ1) is 17.3. The van der Waals surface area contributed by atoms with Crippen LogP contribution in [0.5, 0.6) is 11.5 Å². The van der Waals surface area contributed by atoms with Crippen molar-refractivity contribution >= 4 is 5.91 Å². The summed E-state index contributed by atoms with van der Waals surface area (Å²) in [6, 6.07) is 5.54. The van der Waals surface area contributed by atoms with Gasteiger partial charge < -0.3 is 30.4 Å². The lowest BCUT2D eigenvalue weighted by atomic mass is 9.80. The zero-order valence-corrected chi connectivity index (χ0v) is 24.2. The molecule has 0 saturated carbocycles. The molecule has 0 spiro atoms. The van der Waals surface area contributed by atoms with Crippen LogP contribution in [0, 0.1) is 36.0 Å². The zero-order chi connectivity index (χ0) is 28.2. The summed E-state index contributed by atoms with van der Waals surface area (Å²) in [4.78, 5) is 12.9. The fraction of sp³-hybridized carbons (Fsp3) is 0.700. The van der Waals surface area contributed by atoms with Crippen LogP contribution in [-0.2, 0) is 16.0 Å². The van der Waals surface area contributed by atoms with Gasteiger partial charge in [0.1, 0.15) is 0 Å². The van der Waals surface area contributed by atoms with E-state index in [0.29, 0.717) is 37.1 Å². The van der Waals surface area contributed by atoms with Gasteiger partial charge in [0.15, 0.2) is 11.5 Å². The zero-order valence-electron chi connectivity index (χ0n) is 24.2. The third kappa shape index (κ3) is 11.3. The van der Waals surface area contributed by atoms with Crippen molar-refractivity contribution in [2.45, 2.75) is 84.9 Å². The Bertz CT molecular complexity index is 862. The number of rotatable bonds is 17. The second-order valence-electron chi connectivity index (χ2n) is 11.2. The second kappa shape index (κ2) is 15.9. The number of nitrogens with one attached hydrogen (secondary N) is 1. The number of aliphatic hydroxyl groups excluding tert-OH is 1. The lowest BCUT2D eigenvalue weighted by Gasteiger charge is -2.31. The van der Waals surface area contributed by atoms with E-state index in [2.05, 4.69) is 25.1 Å². The van der Waals surface area contributed by atoms with Crippen LogP contribution in [-0.4, -0.2) is 56.1 Å². The normalized spacial score (nSPS) is 15.1. The van der Waals surface area contributed by atoms with Gasteiger partial charge in [-0.05, 0) is 68.6 Å². The number of hydrogen-bond acceptors (Lipinski definition) is 6. The van der Waals surface area contributed by atoms with Crippen molar-refractivity contribution in [3.63, 3.8) is 0 Å². The maximum atomic E-state index is 12.9. The number of carbonyl (C=O) groups is 1. The first-order valence-electron chi connectivity index (χ1n) is 13.4. The second-order valence-corrected chi connectivity index (χ2v) is 11.2. The van der Waals surface area contributed by atoms with Crippen LogP contribution in [0.2, 0.25) is 0 Å². The molecule has 1 aromatic rings. The summed E-state index contributed by atoms with van der Waals surface area (Å²) in [5, 5.41) is 13.9. The number of amides is 1. The number of terminal acetylenes is 1. The van der Waals surface area contributed by atoms with Crippen molar-refractivity contribution in [1.29, 1.82) is 0 Å². The lowest BCUT2D eigenvalue weighted by molar-refractivity contribution is -0.128. The summed E-state index contributed by atoms with van der Waals surface area (Å²) >= 11 is 0. The minimum atomic E-state index is -0.802. The molecule has 4 N–H and O–H groups in total. The van der Waals surface area contributed by atoms with Gasteiger partial charge in [0.05, 0.1) is 25.4 Å². The Labute approximate surface area is 224 Å². The lowest BCUT2D eigenvalue weighted by Crippen LogP contribution is -2.48. The molecule has 0 saturated heterocycles. The molecule has 0 heterocycles. The Kier molecular flexibility index (Phi) is 14.0. The van der Waals surface area contributed by atoms with Gasteiger partial charge in [0.25, 0.3) is 0 Å². The van der Waals surface area contributed by atoms with Crippen LogP contribution >= 0.6 is 0 Å². The molecule has 7 nitrogen and oxygen atoms in total. The Morgan fingerprint density at radius 3 is 2.32 bits per heavy atom. The van der Waals surface area contributed by atoms with E-state index in [4.69, 9.17) is 26.4 Å². The Balaban J connectivity index is 2.90. The largest absolute Gasteiger partial charge is 0.493 e. The highest BCUT2D eigenvalue weighted by Gasteiger charge is 2.31.